The molecule has 4 aromatic rings. The third-order valence-corrected chi connectivity index (χ3v) is 16.3. The molecule has 9 rings (SSSR count). The summed E-state index contributed by atoms with van der Waals surface area (Å²) in [4.78, 5) is 44.5. The van der Waals surface area contributed by atoms with Crippen molar-refractivity contribution in [2.75, 3.05) is 45.1 Å². The summed E-state index contributed by atoms with van der Waals surface area (Å²) in [6, 6.07) is 8.34. The zero-order valence-electron chi connectivity index (χ0n) is 36.8. The van der Waals surface area contributed by atoms with E-state index in [9.17, 15) is 19.8 Å². The minimum absolute atomic E-state index is 0.0786. The summed E-state index contributed by atoms with van der Waals surface area (Å²) in [7, 11) is 0. The van der Waals surface area contributed by atoms with Gasteiger partial charge in [0.05, 0.1) is 13.1 Å². The molecule has 0 unspecified atom stereocenters. The van der Waals surface area contributed by atoms with Gasteiger partial charge in [-0.1, -0.05) is 25.7 Å². The van der Waals surface area contributed by atoms with E-state index in [-0.39, 0.29) is 29.9 Å². The van der Waals surface area contributed by atoms with Crippen molar-refractivity contribution < 1.29 is 24.4 Å². The topological polar surface area (TPSA) is 170 Å². The van der Waals surface area contributed by atoms with Crippen LogP contribution >= 0.6 is 0 Å². The van der Waals surface area contributed by atoms with Crippen LogP contribution in [0.2, 0.25) is 0 Å². The predicted octanol–water partition coefficient (Wildman–Crippen LogP) is 6.49. The Morgan fingerprint density at radius 3 is 2.30 bits per heavy atom. The van der Waals surface area contributed by atoms with Gasteiger partial charge in [0.2, 0.25) is 0 Å². The second kappa shape index (κ2) is 16.9. The van der Waals surface area contributed by atoms with Gasteiger partial charge in [-0.25, -0.2) is 19.1 Å². The summed E-state index contributed by atoms with van der Waals surface area (Å²) >= 11 is 0. The van der Waals surface area contributed by atoms with Gasteiger partial charge in [0.15, 0.2) is 28.2 Å². The first kappa shape index (κ1) is 42.2. The Hall–Kier alpha value is -4.07. The highest BCUT2D eigenvalue weighted by Crippen LogP contribution is 2.83. The summed E-state index contributed by atoms with van der Waals surface area (Å²) in [5.41, 5.74) is 11.8. The number of fused-ring (bicyclic) bond motifs is 2. The van der Waals surface area contributed by atoms with Crippen LogP contribution in [0.4, 0.5) is 5.82 Å². The van der Waals surface area contributed by atoms with Gasteiger partial charge in [0, 0.05) is 63.3 Å². The van der Waals surface area contributed by atoms with Gasteiger partial charge in [0.25, 0.3) is 17.6 Å². The molecule has 1 aliphatic heterocycles. The third-order valence-electron chi connectivity index (χ3n) is 16.3. The zero-order valence-corrected chi connectivity index (χ0v) is 36.8. The lowest BCUT2D eigenvalue weighted by atomic mass is 9.70. The van der Waals surface area contributed by atoms with E-state index in [4.69, 9.17) is 5.73 Å². The lowest BCUT2D eigenvalue weighted by molar-refractivity contribution is -0.676. The fraction of sp³-hybridized carbons (Fsp3) is 0.688. The molecule has 5 fully saturated rings. The van der Waals surface area contributed by atoms with Crippen molar-refractivity contribution in [3.8, 4) is 0 Å². The van der Waals surface area contributed by atoms with Gasteiger partial charge in [-0.05, 0) is 137 Å². The number of aromatic amines is 1. The number of nitrogens with zero attached hydrogens (tertiary/aromatic N) is 6. The molecule has 61 heavy (non-hydrogen) atoms. The number of aromatic nitrogens is 5. The summed E-state index contributed by atoms with van der Waals surface area (Å²) in [6.45, 7) is 10.4. The molecule has 2 amide bonds. The first-order chi connectivity index (χ1) is 29.6. The van der Waals surface area contributed by atoms with Crippen molar-refractivity contribution >= 4 is 39.8 Å². The Morgan fingerprint density at radius 2 is 1.64 bits per heavy atom. The van der Waals surface area contributed by atoms with Crippen LogP contribution in [0.1, 0.15) is 150 Å². The van der Waals surface area contributed by atoms with Gasteiger partial charge >= 0.3 is 0 Å². The predicted molar refractivity (Wildman–Crippen MR) is 237 cm³/mol. The van der Waals surface area contributed by atoms with Crippen LogP contribution in [0, 0.1) is 21.7 Å². The Labute approximate surface area is 360 Å². The molecular formula is C48H70N9O4+. The Morgan fingerprint density at radius 1 is 0.902 bits per heavy atom. The average Bonchev–Trinajstić information content (AvgIpc) is 4.10. The van der Waals surface area contributed by atoms with Crippen molar-refractivity contribution in [1.82, 2.24) is 34.6 Å². The molecule has 5 aliphatic rings. The zero-order chi connectivity index (χ0) is 42.4. The number of piperidine rings is 1. The summed E-state index contributed by atoms with van der Waals surface area (Å²) in [5, 5.41) is 22.4. The van der Waals surface area contributed by atoms with Crippen LogP contribution in [0.5, 0.6) is 0 Å². The molecule has 330 valence electrons. The number of carbonyl (C=O) groups excluding carboxylic acids is 2. The second-order valence-electron chi connectivity index (χ2n) is 19.7. The molecule has 4 aliphatic carbocycles. The summed E-state index contributed by atoms with van der Waals surface area (Å²) in [5.74, 6) is 0.730. The maximum atomic E-state index is 14.3. The van der Waals surface area contributed by atoms with Crippen LogP contribution in [-0.2, 0) is 19.6 Å². The fourth-order valence-corrected chi connectivity index (χ4v) is 12.3. The molecule has 1 saturated heterocycles. The number of unbranched alkanes of at least 4 members (excludes halogenated alkanes) is 4. The number of amides is 2. The summed E-state index contributed by atoms with van der Waals surface area (Å²) < 4.78 is 4.40. The molecule has 1 aromatic carbocycles. The number of hydrogen-bond acceptors (Lipinski definition) is 8. The smallest absolute Gasteiger partial charge is 0.277 e. The van der Waals surface area contributed by atoms with Crippen LogP contribution < -0.4 is 15.6 Å². The van der Waals surface area contributed by atoms with Crippen molar-refractivity contribution in [3.05, 3.63) is 47.5 Å². The first-order valence-electron chi connectivity index (χ1n) is 23.8. The van der Waals surface area contributed by atoms with Crippen molar-refractivity contribution in [2.45, 2.75) is 149 Å². The molecule has 0 spiro atoms. The van der Waals surface area contributed by atoms with Crippen LogP contribution in [0.3, 0.4) is 0 Å². The molecule has 0 atom stereocenters. The van der Waals surface area contributed by atoms with E-state index < -0.39 is 0 Å². The molecular weight excluding hydrogens is 767 g/mol. The number of aliphatic hydroxyl groups is 2. The van der Waals surface area contributed by atoms with E-state index in [1.165, 1.54) is 90.1 Å². The highest BCUT2D eigenvalue weighted by molar-refractivity contribution is 5.98. The Balaban J connectivity index is 0.884. The molecule has 13 heteroatoms. The quantitative estimate of drug-likeness (QED) is 0.0442. The number of aliphatic hydroxyl groups excluding tert-OH is 2. The lowest BCUT2D eigenvalue weighted by Gasteiger charge is -2.45. The SMILES string of the molecule is CCn1c(CNC(=O)c2nc3cc[nH]c3nc2N)[n+](CC)c2ccc(C(=O)N3CCC(N(CC4(CCCCCCCO)CC4)CC4(C5(C6(CCO)CC6)CC5)CC4)CC3)cc21. The number of benzene rings is 1. The number of H-pyrrole nitrogens is 1. The number of likely N-dealkylation sites (tertiary alicyclic amines) is 1. The van der Waals surface area contributed by atoms with Gasteiger partial charge in [-0.15, -0.1) is 0 Å². The molecule has 4 saturated carbocycles. The first-order valence-corrected chi connectivity index (χ1v) is 23.8. The number of nitrogens with two attached hydrogens (primary N) is 1. The van der Waals surface area contributed by atoms with Gasteiger partial charge in [-0.3, -0.25) is 14.5 Å². The lowest BCUT2D eigenvalue weighted by Crippen LogP contribution is -2.51. The molecule has 13 nitrogen and oxygen atoms in total. The maximum Gasteiger partial charge on any atom is 0.277 e. The van der Waals surface area contributed by atoms with Gasteiger partial charge < -0.3 is 31.1 Å². The second-order valence-corrected chi connectivity index (χ2v) is 19.7. The van der Waals surface area contributed by atoms with Crippen molar-refractivity contribution in [3.63, 3.8) is 0 Å². The van der Waals surface area contributed by atoms with E-state index in [2.05, 4.69) is 59.1 Å². The Bertz CT molecular complexity index is 2220. The largest absolute Gasteiger partial charge is 0.396 e. The van der Waals surface area contributed by atoms with E-state index in [0.717, 1.165) is 62.1 Å². The van der Waals surface area contributed by atoms with Crippen molar-refractivity contribution in [1.29, 1.82) is 0 Å². The van der Waals surface area contributed by atoms with E-state index in [1.807, 2.05) is 12.1 Å². The average molecular weight is 837 g/mol. The molecule has 0 bridgehead atoms. The number of nitrogen functional groups attached to an aromatic ring is 1. The number of hydrogen-bond donors (Lipinski definition) is 5. The minimum Gasteiger partial charge on any atom is -0.396 e. The standard InChI is InChI=1S/C48H69N9O4/c1-3-56-37-11-10-34(30-38(37)57(4-2)39(56)31-51-43(60)40-41(49)53-42-36(52-40)12-25-50-42)44(61)54-26-13-35(14-27-54)55(32-45(16-17-45)15-8-6-5-7-9-28-58)33-47(20-21-47)48(22-23-48)46(18-19-46)24-29-59/h10-12,25,30,35,58-59H,3-9,13-24,26-29,31-33H2,1-2H3,(H3-,49,50,51,52,53,60)/p+1. The van der Waals surface area contributed by atoms with Gasteiger partial charge in [0.1, 0.15) is 12.1 Å². The fourth-order valence-electron chi connectivity index (χ4n) is 12.3. The van der Waals surface area contributed by atoms with Crippen LogP contribution in [0.15, 0.2) is 30.5 Å². The van der Waals surface area contributed by atoms with Crippen LogP contribution in [-0.4, -0.2) is 96.8 Å². The number of anilines is 1. The molecule has 6 N–H and O–H groups in total. The highest BCUT2D eigenvalue weighted by Gasteiger charge is 2.76. The molecule has 4 heterocycles. The number of carbonyl (C=O) groups is 2. The summed E-state index contributed by atoms with van der Waals surface area (Å²) in [6.07, 6.45) is 22.5. The number of nitrogens with one attached hydrogen (secondary N) is 2. The van der Waals surface area contributed by atoms with Crippen molar-refractivity contribution in [2.24, 2.45) is 21.7 Å². The molecule has 3 aromatic heterocycles. The highest BCUT2D eigenvalue weighted by atomic mass is 16.3. The van der Waals surface area contributed by atoms with Gasteiger partial charge in [-0.2, -0.15) is 0 Å². The van der Waals surface area contributed by atoms with E-state index in [1.54, 1.807) is 12.3 Å². The monoisotopic (exact) mass is 837 g/mol. The maximum absolute atomic E-state index is 14.3. The number of imidazole rings is 1. The minimum atomic E-state index is -0.382. The normalized spacial score (nSPS) is 20.7. The number of aryl methyl sites for hydroxylation is 2. The molecule has 0 radical (unpaired) electrons. The Kier molecular flexibility index (Phi) is 11.7. The van der Waals surface area contributed by atoms with E-state index >= 15 is 0 Å². The number of rotatable bonds is 22. The third kappa shape index (κ3) is 7.96. The van der Waals surface area contributed by atoms with Crippen LogP contribution in [0.25, 0.3) is 22.2 Å². The van der Waals surface area contributed by atoms with E-state index in [0.29, 0.717) is 70.7 Å².